The van der Waals surface area contributed by atoms with Gasteiger partial charge in [-0.3, -0.25) is 9.78 Å². The zero-order valence-corrected chi connectivity index (χ0v) is 22.0. The Balaban J connectivity index is 1.71. The number of halogens is 1. The number of benzene rings is 4. The van der Waals surface area contributed by atoms with Crippen molar-refractivity contribution in [1.29, 1.82) is 0 Å². The van der Waals surface area contributed by atoms with Crippen LogP contribution in [0, 0.1) is 0 Å². The van der Waals surface area contributed by atoms with Gasteiger partial charge in [0.05, 0.1) is 20.8 Å². The van der Waals surface area contributed by atoms with Crippen molar-refractivity contribution in [2.75, 3.05) is 4.31 Å². The van der Waals surface area contributed by atoms with Crippen molar-refractivity contribution in [3.05, 3.63) is 111 Å². The topological polar surface area (TPSA) is 97.6 Å². The van der Waals surface area contributed by atoms with Gasteiger partial charge < -0.3 is 4.42 Å². The number of rotatable bonds is 4. The van der Waals surface area contributed by atoms with Gasteiger partial charge in [0, 0.05) is 33.0 Å². The molecule has 0 aliphatic rings. The lowest BCUT2D eigenvalue weighted by atomic mass is 10.1. The summed E-state index contributed by atoms with van der Waals surface area (Å²) in [5.74, 6) is -0.777. The first-order valence-corrected chi connectivity index (χ1v) is 14.0. The van der Waals surface area contributed by atoms with Gasteiger partial charge in [0.25, 0.3) is 15.9 Å². The highest BCUT2D eigenvalue weighted by molar-refractivity contribution is 9.10. The van der Waals surface area contributed by atoms with Crippen LogP contribution in [0.5, 0.6) is 0 Å². The third-order valence-corrected chi connectivity index (χ3v) is 9.20. The molecule has 182 valence electrons. The minimum Gasteiger partial charge on any atom is -0.413 e. The fourth-order valence-electron chi connectivity index (χ4n) is 4.36. The molecule has 6 rings (SSSR count). The number of fused-ring (bicyclic) bond motifs is 4. The molecule has 0 aliphatic carbocycles. The summed E-state index contributed by atoms with van der Waals surface area (Å²) in [6.07, 6.45) is 2.82. The fraction of sp³-hybridized carbons (Fsp3) is 0. The lowest BCUT2D eigenvalue weighted by Crippen LogP contribution is -2.37. The zero-order valence-electron chi connectivity index (χ0n) is 18.8. The van der Waals surface area contributed by atoms with E-state index >= 15 is 0 Å². The van der Waals surface area contributed by atoms with E-state index in [1.165, 1.54) is 30.6 Å². The summed E-state index contributed by atoms with van der Waals surface area (Å²) in [5.41, 5.74) is 0.549. The second-order valence-electron chi connectivity index (χ2n) is 8.13. The van der Waals surface area contributed by atoms with Crippen LogP contribution in [0.4, 0.5) is 5.69 Å². The molecule has 37 heavy (non-hydrogen) atoms. The Bertz CT molecular complexity index is 2020. The van der Waals surface area contributed by atoms with Gasteiger partial charge in [-0.05, 0) is 35.7 Å². The van der Waals surface area contributed by atoms with Gasteiger partial charge in [-0.25, -0.2) is 13.2 Å². The van der Waals surface area contributed by atoms with Crippen LogP contribution in [0.1, 0.15) is 10.4 Å². The highest BCUT2D eigenvalue weighted by atomic mass is 79.9. The molecule has 0 spiro atoms. The standard InChI is InChI=1S/C27H15BrN2O5S2/c28-21-11-12-24(19-9-3-1-7-17(19)21)37(33,34)30(26(31)16-6-5-13-29-15-16)22-14-23-25(35-27(32)36-23)20-10-4-2-8-18(20)22/h1-15H. The zero-order chi connectivity index (χ0) is 25.7. The number of amides is 1. The molecule has 0 saturated heterocycles. The van der Waals surface area contributed by atoms with Crippen LogP contribution in [0.25, 0.3) is 31.8 Å². The smallest absolute Gasteiger partial charge is 0.396 e. The first kappa shape index (κ1) is 23.5. The van der Waals surface area contributed by atoms with Crippen LogP contribution < -0.4 is 9.24 Å². The van der Waals surface area contributed by atoms with E-state index in [2.05, 4.69) is 20.9 Å². The second kappa shape index (κ2) is 8.91. The molecule has 0 fully saturated rings. The summed E-state index contributed by atoms with van der Waals surface area (Å²) in [6, 6.07) is 21.7. The molecular weight excluding hydrogens is 576 g/mol. The Labute approximate surface area is 222 Å². The molecule has 6 aromatic rings. The summed E-state index contributed by atoms with van der Waals surface area (Å²) in [7, 11) is -4.47. The van der Waals surface area contributed by atoms with Crippen molar-refractivity contribution in [2.45, 2.75) is 4.90 Å². The number of nitrogens with zero attached hydrogens (tertiary/aromatic N) is 2. The highest BCUT2D eigenvalue weighted by Gasteiger charge is 2.35. The number of sulfonamides is 1. The largest absolute Gasteiger partial charge is 0.413 e. The number of carbonyl (C=O) groups is 1. The van der Waals surface area contributed by atoms with Crippen LogP contribution >= 0.6 is 27.3 Å². The van der Waals surface area contributed by atoms with Gasteiger partial charge in [0.15, 0.2) is 5.58 Å². The maximum Gasteiger partial charge on any atom is 0.396 e. The minimum atomic E-state index is -4.47. The SMILES string of the molecule is O=C(c1cccnc1)N(c1cc2sc(=O)oc2c2ccccc12)S(=O)(=O)c1ccc(Br)c2ccccc12. The highest BCUT2D eigenvalue weighted by Crippen LogP contribution is 2.40. The number of aromatic nitrogens is 1. The molecule has 0 radical (unpaired) electrons. The Morgan fingerprint density at radius 2 is 1.59 bits per heavy atom. The van der Waals surface area contributed by atoms with Gasteiger partial charge >= 0.3 is 4.94 Å². The van der Waals surface area contributed by atoms with Crippen LogP contribution in [0.2, 0.25) is 0 Å². The molecule has 1 amide bonds. The van der Waals surface area contributed by atoms with Crippen LogP contribution in [-0.4, -0.2) is 19.3 Å². The monoisotopic (exact) mass is 590 g/mol. The molecule has 4 aromatic carbocycles. The quantitative estimate of drug-likeness (QED) is 0.237. The average Bonchev–Trinajstić information content (AvgIpc) is 3.29. The van der Waals surface area contributed by atoms with Gasteiger partial charge in [-0.2, -0.15) is 4.31 Å². The Hall–Kier alpha value is -3.86. The first-order chi connectivity index (χ1) is 17.9. The summed E-state index contributed by atoms with van der Waals surface area (Å²) in [4.78, 5) is 29.5. The molecule has 0 N–H and O–H groups in total. The fourth-order valence-corrected chi connectivity index (χ4v) is 7.18. The van der Waals surface area contributed by atoms with E-state index in [-0.39, 0.29) is 16.1 Å². The molecule has 0 bridgehead atoms. The molecule has 2 aromatic heterocycles. The van der Waals surface area contributed by atoms with Gasteiger partial charge in [0.2, 0.25) is 0 Å². The number of pyridine rings is 1. The number of hydrogen-bond acceptors (Lipinski definition) is 7. The van der Waals surface area contributed by atoms with Crippen molar-refractivity contribution in [3.63, 3.8) is 0 Å². The molecular formula is C27H15BrN2O5S2. The van der Waals surface area contributed by atoms with Gasteiger partial charge in [0.1, 0.15) is 0 Å². The molecule has 0 atom stereocenters. The summed E-state index contributed by atoms with van der Waals surface area (Å²) < 4.78 is 36.2. The molecule has 2 heterocycles. The van der Waals surface area contributed by atoms with E-state index in [9.17, 15) is 18.0 Å². The average molecular weight is 591 g/mol. The third-order valence-electron chi connectivity index (χ3n) is 5.98. The molecule has 0 saturated carbocycles. The Morgan fingerprint density at radius 1 is 0.892 bits per heavy atom. The van der Waals surface area contributed by atoms with Crippen molar-refractivity contribution in [1.82, 2.24) is 4.98 Å². The van der Waals surface area contributed by atoms with Gasteiger partial charge in [-0.15, -0.1) is 0 Å². The normalized spacial score (nSPS) is 11.8. The van der Waals surface area contributed by atoms with Crippen LogP contribution in [0.15, 0.2) is 110 Å². The first-order valence-electron chi connectivity index (χ1n) is 11.0. The Morgan fingerprint density at radius 3 is 2.32 bits per heavy atom. The van der Waals surface area contributed by atoms with Crippen molar-refractivity contribution in [2.24, 2.45) is 0 Å². The summed E-state index contributed by atoms with van der Waals surface area (Å²) in [5, 5.41) is 2.11. The van der Waals surface area contributed by atoms with Crippen molar-refractivity contribution < 1.29 is 17.6 Å². The number of hydrogen-bond donors (Lipinski definition) is 0. The number of anilines is 1. The molecule has 0 aliphatic heterocycles. The second-order valence-corrected chi connectivity index (χ2v) is 11.7. The van der Waals surface area contributed by atoms with Gasteiger partial charge in [-0.1, -0.05) is 75.8 Å². The maximum atomic E-state index is 14.4. The van der Waals surface area contributed by atoms with Crippen molar-refractivity contribution >= 4 is 80.7 Å². The van der Waals surface area contributed by atoms with Crippen molar-refractivity contribution in [3.8, 4) is 0 Å². The van der Waals surface area contributed by atoms with E-state index in [0.717, 1.165) is 20.1 Å². The summed E-state index contributed by atoms with van der Waals surface area (Å²) >= 11 is 4.33. The summed E-state index contributed by atoms with van der Waals surface area (Å²) in [6.45, 7) is 0. The predicted octanol–water partition coefficient (Wildman–Crippen LogP) is 6.35. The molecule has 0 unspecified atom stereocenters. The minimum absolute atomic E-state index is 0.0342. The predicted molar refractivity (Wildman–Crippen MR) is 148 cm³/mol. The number of carbonyl (C=O) groups excluding carboxylic acids is 1. The molecule has 10 heteroatoms. The van der Waals surface area contributed by atoms with E-state index in [1.54, 1.807) is 54.6 Å². The Kier molecular flexibility index (Phi) is 5.67. The van der Waals surface area contributed by atoms with E-state index in [0.29, 0.717) is 31.8 Å². The third kappa shape index (κ3) is 3.85. The van der Waals surface area contributed by atoms with E-state index < -0.39 is 20.9 Å². The molecule has 7 nitrogen and oxygen atoms in total. The lowest BCUT2D eigenvalue weighted by molar-refractivity contribution is 0.100. The maximum absolute atomic E-state index is 14.4. The van der Waals surface area contributed by atoms with Crippen LogP contribution in [-0.2, 0) is 10.0 Å². The van der Waals surface area contributed by atoms with E-state index in [4.69, 9.17) is 4.42 Å². The van der Waals surface area contributed by atoms with E-state index in [1.807, 2.05) is 6.07 Å². The van der Waals surface area contributed by atoms with Crippen LogP contribution in [0.3, 0.4) is 0 Å². The lowest BCUT2D eigenvalue weighted by Gasteiger charge is -2.25.